The monoisotopic (exact) mass is 302 g/mol. The predicted octanol–water partition coefficient (Wildman–Crippen LogP) is 3.18. The lowest BCUT2D eigenvalue weighted by Crippen LogP contribution is -2.32. The van der Waals surface area contributed by atoms with Gasteiger partial charge in [0.1, 0.15) is 6.04 Å². The van der Waals surface area contributed by atoms with Gasteiger partial charge in [-0.25, -0.2) is 0 Å². The molecule has 0 saturated carbocycles. The molecule has 0 spiro atoms. The van der Waals surface area contributed by atoms with Gasteiger partial charge in [-0.1, -0.05) is 30.2 Å². The number of fused-ring (bicyclic) bond motifs is 1. The fourth-order valence-electron chi connectivity index (χ4n) is 2.88. The average Bonchev–Trinajstić information content (AvgIpc) is 2.66. The molecule has 1 heterocycles. The van der Waals surface area contributed by atoms with Crippen molar-refractivity contribution in [2.75, 3.05) is 11.9 Å². The second-order valence-electron chi connectivity index (χ2n) is 5.74. The van der Waals surface area contributed by atoms with Crippen LogP contribution in [-0.4, -0.2) is 24.7 Å². The van der Waals surface area contributed by atoms with Crippen molar-refractivity contribution in [1.82, 2.24) is 0 Å². The largest absolute Gasteiger partial charge is 0.313 e. The normalized spacial score (nSPS) is 17.1. The number of terminal acetylenes is 1. The van der Waals surface area contributed by atoms with Gasteiger partial charge in [0.05, 0.1) is 11.4 Å². The Hall–Kier alpha value is -2.86. The van der Waals surface area contributed by atoms with Crippen molar-refractivity contribution in [3.05, 3.63) is 64.7 Å². The summed E-state index contributed by atoms with van der Waals surface area (Å²) in [6.45, 7) is 3.87. The number of nitrogens with zero attached hydrogens (tertiary/aromatic N) is 2. The molecule has 1 amide bonds. The second-order valence-corrected chi connectivity index (χ2v) is 5.74. The van der Waals surface area contributed by atoms with E-state index in [2.05, 4.69) is 5.92 Å². The summed E-state index contributed by atoms with van der Waals surface area (Å²) >= 11 is 0. The summed E-state index contributed by atoms with van der Waals surface area (Å²) in [6, 6.07) is 13.3. The first-order valence-corrected chi connectivity index (χ1v) is 7.55. The molecule has 2 aromatic rings. The third kappa shape index (κ3) is 2.53. The lowest BCUT2D eigenvalue weighted by Gasteiger charge is -2.19. The van der Waals surface area contributed by atoms with E-state index in [9.17, 15) is 4.79 Å². The number of benzodiazepines with no additional fused rings is 1. The maximum absolute atomic E-state index is 12.5. The van der Waals surface area contributed by atoms with Gasteiger partial charge in [0.15, 0.2) is 0 Å². The number of hydrogen-bond donors (Lipinski definition) is 0. The molecule has 0 unspecified atom stereocenters. The first kappa shape index (κ1) is 15.1. The maximum Gasteiger partial charge on any atom is 0.251 e. The minimum absolute atomic E-state index is 0.0247. The number of rotatable bonds is 1. The predicted molar refractivity (Wildman–Crippen MR) is 94.1 cm³/mol. The van der Waals surface area contributed by atoms with Gasteiger partial charge in [0.25, 0.3) is 5.91 Å². The van der Waals surface area contributed by atoms with E-state index in [0.29, 0.717) is 0 Å². The number of anilines is 1. The topological polar surface area (TPSA) is 32.7 Å². The van der Waals surface area contributed by atoms with Gasteiger partial charge in [-0.2, -0.15) is 0 Å². The third-order valence-electron chi connectivity index (χ3n) is 4.19. The number of likely N-dealkylation sites (N-methyl/N-ethyl adjacent to an activating group) is 1. The summed E-state index contributed by atoms with van der Waals surface area (Å²) < 4.78 is 0. The van der Waals surface area contributed by atoms with Crippen LogP contribution in [0.25, 0.3) is 0 Å². The Morgan fingerprint density at radius 2 is 1.91 bits per heavy atom. The van der Waals surface area contributed by atoms with E-state index in [1.54, 1.807) is 11.9 Å². The summed E-state index contributed by atoms with van der Waals surface area (Å²) in [4.78, 5) is 18.9. The van der Waals surface area contributed by atoms with E-state index in [-0.39, 0.29) is 5.91 Å². The number of hydrogen-bond acceptors (Lipinski definition) is 2. The van der Waals surface area contributed by atoms with Gasteiger partial charge in [-0.05, 0) is 37.6 Å². The average molecular weight is 302 g/mol. The SMILES string of the molecule is C#Cc1ccc2c(c1)C(c1ccccc1C)=N[C@@H](C)C(=O)N2C. The van der Waals surface area contributed by atoms with E-state index in [1.165, 1.54) is 0 Å². The number of aliphatic imine (C=N–C) groups is 1. The smallest absolute Gasteiger partial charge is 0.251 e. The first-order chi connectivity index (χ1) is 11.0. The Balaban J connectivity index is 2.32. The van der Waals surface area contributed by atoms with Crippen molar-refractivity contribution >= 4 is 17.3 Å². The fourth-order valence-corrected chi connectivity index (χ4v) is 2.88. The van der Waals surface area contributed by atoms with Gasteiger partial charge in [-0.15, -0.1) is 6.42 Å². The highest BCUT2D eigenvalue weighted by Gasteiger charge is 2.27. The van der Waals surface area contributed by atoms with Gasteiger partial charge in [0.2, 0.25) is 0 Å². The van der Waals surface area contributed by atoms with Crippen LogP contribution in [0.1, 0.15) is 29.2 Å². The van der Waals surface area contributed by atoms with Crippen molar-refractivity contribution in [1.29, 1.82) is 0 Å². The zero-order valence-electron chi connectivity index (χ0n) is 13.5. The number of amides is 1. The molecule has 0 aliphatic carbocycles. The Kier molecular flexibility index (Phi) is 3.75. The van der Waals surface area contributed by atoms with Crippen molar-refractivity contribution in [2.45, 2.75) is 19.9 Å². The zero-order chi connectivity index (χ0) is 16.6. The highest BCUT2D eigenvalue weighted by Crippen LogP contribution is 2.29. The van der Waals surface area contributed by atoms with Crippen molar-refractivity contribution in [3.63, 3.8) is 0 Å². The number of benzene rings is 2. The van der Waals surface area contributed by atoms with Crippen molar-refractivity contribution in [2.24, 2.45) is 4.99 Å². The van der Waals surface area contributed by atoms with Crippen LogP contribution >= 0.6 is 0 Å². The molecule has 1 atom stereocenters. The van der Waals surface area contributed by atoms with E-state index in [1.807, 2.05) is 56.3 Å². The van der Waals surface area contributed by atoms with Gasteiger partial charge in [-0.3, -0.25) is 9.79 Å². The van der Waals surface area contributed by atoms with E-state index >= 15 is 0 Å². The van der Waals surface area contributed by atoms with Gasteiger partial charge >= 0.3 is 0 Å². The highest BCUT2D eigenvalue weighted by molar-refractivity contribution is 6.20. The molecule has 3 rings (SSSR count). The van der Waals surface area contributed by atoms with Crippen LogP contribution in [0.5, 0.6) is 0 Å². The Morgan fingerprint density at radius 3 is 2.61 bits per heavy atom. The van der Waals surface area contributed by atoms with Gasteiger partial charge in [0, 0.05) is 23.7 Å². The molecule has 2 aromatic carbocycles. The number of carbonyl (C=O) groups is 1. The fraction of sp³-hybridized carbons (Fsp3) is 0.200. The van der Waals surface area contributed by atoms with Crippen LogP contribution < -0.4 is 4.90 Å². The standard InChI is InChI=1S/C20H18N2O/c1-5-15-10-11-18-17(12-15)19(16-9-7-6-8-13(16)2)21-14(3)20(23)22(18)4/h1,6-12,14H,2-4H3/t14-/m0/s1. The second kappa shape index (κ2) is 5.73. The van der Waals surface area contributed by atoms with Crippen LogP contribution in [0.2, 0.25) is 0 Å². The van der Waals surface area contributed by atoms with Crippen LogP contribution in [0, 0.1) is 19.3 Å². The van der Waals surface area contributed by atoms with E-state index in [4.69, 9.17) is 11.4 Å². The Labute approximate surface area is 136 Å². The molecule has 0 radical (unpaired) electrons. The lowest BCUT2D eigenvalue weighted by atomic mass is 9.95. The number of aryl methyl sites for hydroxylation is 1. The summed E-state index contributed by atoms with van der Waals surface area (Å²) in [5, 5.41) is 0. The zero-order valence-corrected chi connectivity index (χ0v) is 13.5. The molecule has 0 bridgehead atoms. The molecular weight excluding hydrogens is 284 g/mol. The molecule has 1 aliphatic heterocycles. The Bertz CT molecular complexity index is 858. The molecule has 3 heteroatoms. The molecule has 0 aromatic heterocycles. The minimum atomic E-state index is -0.434. The molecule has 23 heavy (non-hydrogen) atoms. The molecule has 114 valence electrons. The van der Waals surface area contributed by atoms with E-state index in [0.717, 1.165) is 33.7 Å². The molecule has 0 saturated heterocycles. The van der Waals surface area contributed by atoms with E-state index < -0.39 is 6.04 Å². The molecule has 1 aliphatic rings. The molecular formula is C20H18N2O. The number of carbonyl (C=O) groups excluding carboxylic acids is 1. The summed E-state index contributed by atoms with van der Waals surface area (Å²) in [5.41, 5.74) is 5.47. The summed E-state index contributed by atoms with van der Waals surface area (Å²) in [5.74, 6) is 2.64. The lowest BCUT2D eigenvalue weighted by molar-refractivity contribution is -0.119. The quantitative estimate of drug-likeness (QED) is 0.745. The maximum atomic E-state index is 12.5. The molecule has 3 nitrogen and oxygen atoms in total. The van der Waals surface area contributed by atoms with Crippen LogP contribution in [0.15, 0.2) is 47.5 Å². The van der Waals surface area contributed by atoms with Crippen molar-refractivity contribution < 1.29 is 4.79 Å². The van der Waals surface area contributed by atoms with Crippen LogP contribution in [-0.2, 0) is 4.79 Å². The summed E-state index contributed by atoms with van der Waals surface area (Å²) in [7, 11) is 1.78. The molecule has 0 fully saturated rings. The first-order valence-electron chi connectivity index (χ1n) is 7.55. The van der Waals surface area contributed by atoms with Gasteiger partial charge < -0.3 is 4.90 Å². The minimum Gasteiger partial charge on any atom is -0.313 e. The summed E-state index contributed by atoms with van der Waals surface area (Å²) in [6.07, 6.45) is 5.55. The van der Waals surface area contributed by atoms with Crippen LogP contribution in [0.3, 0.4) is 0 Å². The van der Waals surface area contributed by atoms with Crippen LogP contribution in [0.4, 0.5) is 5.69 Å². The molecule has 0 N–H and O–H groups in total. The Morgan fingerprint density at radius 1 is 1.17 bits per heavy atom. The highest BCUT2D eigenvalue weighted by atomic mass is 16.2. The third-order valence-corrected chi connectivity index (χ3v) is 4.19. The van der Waals surface area contributed by atoms with Crippen molar-refractivity contribution in [3.8, 4) is 12.3 Å².